The van der Waals surface area contributed by atoms with Gasteiger partial charge in [0.05, 0.1) is 0 Å². The Hall–Kier alpha value is 0.817. The maximum atomic E-state index is 5.91. The van der Waals surface area contributed by atoms with E-state index in [1.165, 1.54) is 0 Å². The summed E-state index contributed by atoms with van der Waals surface area (Å²) >= 11 is 28.2. The first-order valence-electron chi connectivity index (χ1n) is 9.55. The molecule has 0 fully saturated rings. The zero-order valence-corrected chi connectivity index (χ0v) is 23.4. The van der Waals surface area contributed by atoms with Crippen LogP contribution >= 0.6 is 74.5 Å². The molecule has 29 heavy (non-hydrogen) atoms. The second kappa shape index (κ2) is 17.4. The van der Waals surface area contributed by atoms with E-state index < -0.39 is 8.80 Å². The lowest BCUT2D eigenvalue weighted by Gasteiger charge is -2.31. The number of thiocarbonyl (C=S) groups is 3. The summed E-state index contributed by atoms with van der Waals surface area (Å²) in [5, 5.41) is 3.00. The van der Waals surface area contributed by atoms with Gasteiger partial charge in [0.25, 0.3) is 0 Å². The van der Waals surface area contributed by atoms with Gasteiger partial charge in [-0.05, 0) is 27.2 Å². The van der Waals surface area contributed by atoms with E-state index in [0.717, 1.165) is 19.0 Å². The van der Waals surface area contributed by atoms with E-state index >= 15 is 0 Å². The molecule has 0 aliphatic heterocycles. The summed E-state index contributed by atoms with van der Waals surface area (Å²) in [6.07, 6.45) is 0.827. The van der Waals surface area contributed by atoms with Gasteiger partial charge in [0, 0.05) is 58.6 Å². The lowest BCUT2D eigenvalue weighted by Crippen LogP contribution is -2.47. The van der Waals surface area contributed by atoms with Crippen molar-refractivity contribution in [2.24, 2.45) is 0 Å². The summed E-state index contributed by atoms with van der Waals surface area (Å²) < 4.78 is 19.3. The summed E-state index contributed by atoms with van der Waals surface area (Å²) in [5.74, 6) is 0. The highest BCUT2D eigenvalue weighted by atomic mass is 32.1. The van der Waals surface area contributed by atoms with Gasteiger partial charge >= 0.3 is 8.80 Å². The van der Waals surface area contributed by atoms with Crippen LogP contribution in [0.2, 0.25) is 6.04 Å². The van der Waals surface area contributed by atoms with Gasteiger partial charge in [0.1, 0.15) is 13.0 Å². The van der Waals surface area contributed by atoms with Crippen LogP contribution in [0.15, 0.2) is 0 Å². The molecule has 0 aliphatic rings. The number of rotatable bonds is 16. The quantitative estimate of drug-likeness (QED) is 0.136. The Labute approximate surface area is 209 Å². The molecular formula is C16H33N3O3S6Si. The Kier molecular flexibility index (Phi) is 17.9. The van der Waals surface area contributed by atoms with Crippen molar-refractivity contribution in [1.82, 2.24) is 15.1 Å². The number of nitrogens with one attached hydrogen (secondary N) is 1. The van der Waals surface area contributed by atoms with Gasteiger partial charge in [-0.3, -0.25) is 0 Å². The first-order chi connectivity index (χ1) is 13.7. The molecule has 0 aromatic rings. The SMILES string of the molecule is CCO[Si](CCCN(CCN(CCNC(=S)S)C(=S)S)C(=S)S)(OCC)OCC. The fraction of sp³-hybridized carbons (Fsp3) is 0.812. The molecule has 13 heteroatoms. The standard InChI is InChI=1S/C16H33N3O3S6Si/c1-4-20-29(21-5-2,22-6-3)13-7-9-18(15(25)26)11-12-19(16(27)28)10-8-17-14(23)24/h4-13H2,1-3H3,(H,25,26)(H,27,28)(H2,17,23,24). The Balaban J connectivity index is 4.74. The number of hydrogen-bond donors (Lipinski definition) is 4. The van der Waals surface area contributed by atoms with E-state index in [2.05, 4.69) is 43.2 Å². The van der Waals surface area contributed by atoms with Crippen molar-refractivity contribution in [1.29, 1.82) is 0 Å². The van der Waals surface area contributed by atoms with Crippen LogP contribution in [-0.2, 0) is 13.3 Å². The maximum Gasteiger partial charge on any atom is 0.500 e. The van der Waals surface area contributed by atoms with Gasteiger partial charge in [0.2, 0.25) is 0 Å². The Morgan fingerprint density at radius 2 is 1.24 bits per heavy atom. The van der Waals surface area contributed by atoms with Crippen LogP contribution in [0, 0.1) is 0 Å². The smallest absolute Gasteiger partial charge is 0.374 e. The minimum absolute atomic E-state index is 0.457. The van der Waals surface area contributed by atoms with Crippen molar-refractivity contribution in [2.75, 3.05) is 52.5 Å². The van der Waals surface area contributed by atoms with E-state index in [0.29, 0.717) is 59.0 Å². The molecule has 0 aromatic heterocycles. The zero-order chi connectivity index (χ0) is 22.3. The van der Waals surface area contributed by atoms with Gasteiger partial charge in [-0.2, -0.15) is 0 Å². The van der Waals surface area contributed by atoms with Gasteiger partial charge in [0.15, 0.2) is 0 Å². The lowest BCUT2D eigenvalue weighted by atomic mass is 10.4. The lowest BCUT2D eigenvalue weighted by molar-refractivity contribution is 0.0704. The molecule has 170 valence electrons. The third-order valence-electron chi connectivity index (χ3n) is 3.84. The van der Waals surface area contributed by atoms with Crippen LogP contribution in [-0.4, -0.2) is 84.1 Å². The van der Waals surface area contributed by atoms with E-state index in [1.807, 2.05) is 30.6 Å². The zero-order valence-electron chi connectivity index (χ0n) is 17.3. The van der Waals surface area contributed by atoms with Crippen molar-refractivity contribution < 1.29 is 13.3 Å². The average molecular weight is 536 g/mol. The van der Waals surface area contributed by atoms with Crippen LogP contribution < -0.4 is 5.32 Å². The molecule has 0 radical (unpaired) electrons. The minimum atomic E-state index is -2.65. The number of thiol groups is 3. The molecule has 0 bridgehead atoms. The van der Waals surface area contributed by atoms with Crippen LogP contribution in [0.5, 0.6) is 0 Å². The summed E-state index contributed by atoms with van der Waals surface area (Å²) in [4.78, 5) is 4.02. The summed E-state index contributed by atoms with van der Waals surface area (Å²) in [7, 11) is -2.65. The molecule has 0 unspecified atom stereocenters. The van der Waals surface area contributed by atoms with Crippen molar-refractivity contribution in [3.63, 3.8) is 0 Å². The average Bonchev–Trinajstić information content (AvgIpc) is 2.62. The first kappa shape index (κ1) is 29.8. The minimum Gasteiger partial charge on any atom is -0.374 e. The fourth-order valence-electron chi connectivity index (χ4n) is 2.63. The molecule has 0 atom stereocenters. The van der Waals surface area contributed by atoms with E-state index in [-0.39, 0.29) is 0 Å². The van der Waals surface area contributed by atoms with Crippen LogP contribution in [0.1, 0.15) is 27.2 Å². The Morgan fingerprint density at radius 3 is 1.62 bits per heavy atom. The maximum absolute atomic E-state index is 5.91. The monoisotopic (exact) mass is 535 g/mol. The summed E-state index contributed by atoms with van der Waals surface area (Å²) in [6, 6.07) is 0.730. The highest BCUT2D eigenvalue weighted by molar-refractivity contribution is 8.11. The molecule has 1 N–H and O–H groups in total. The van der Waals surface area contributed by atoms with Gasteiger partial charge in [-0.25, -0.2) is 0 Å². The number of nitrogens with zero attached hydrogens (tertiary/aromatic N) is 2. The van der Waals surface area contributed by atoms with E-state index in [9.17, 15) is 0 Å². The normalized spacial score (nSPS) is 11.2. The van der Waals surface area contributed by atoms with Crippen molar-refractivity contribution in [3.05, 3.63) is 0 Å². The number of hydrogen-bond acceptors (Lipinski definition) is 6. The van der Waals surface area contributed by atoms with E-state index in [1.54, 1.807) is 0 Å². The fourth-order valence-corrected chi connectivity index (χ4v) is 6.21. The molecule has 0 aliphatic carbocycles. The van der Waals surface area contributed by atoms with Crippen molar-refractivity contribution in [2.45, 2.75) is 33.2 Å². The highest BCUT2D eigenvalue weighted by Gasteiger charge is 2.39. The van der Waals surface area contributed by atoms with Crippen LogP contribution in [0.3, 0.4) is 0 Å². The Morgan fingerprint density at radius 1 is 0.793 bits per heavy atom. The van der Waals surface area contributed by atoms with Gasteiger partial charge in [-0.1, -0.05) is 36.7 Å². The molecular weight excluding hydrogens is 503 g/mol. The molecule has 0 aromatic carbocycles. The highest BCUT2D eigenvalue weighted by Crippen LogP contribution is 2.19. The van der Waals surface area contributed by atoms with Crippen LogP contribution in [0.4, 0.5) is 0 Å². The van der Waals surface area contributed by atoms with E-state index in [4.69, 9.17) is 49.9 Å². The molecule has 0 amide bonds. The third-order valence-corrected chi connectivity index (χ3v) is 8.38. The topological polar surface area (TPSA) is 46.2 Å². The predicted molar refractivity (Wildman–Crippen MR) is 146 cm³/mol. The first-order valence-corrected chi connectivity index (χ1v) is 14.1. The van der Waals surface area contributed by atoms with Crippen LogP contribution in [0.25, 0.3) is 0 Å². The summed E-state index contributed by atoms with van der Waals surface area (Å²) in [5.41, 5.74) is 0. The second-order valence-electron chi connectivity index (χ2n) is 5.86. The Bertz CT molecular complexity index is 501. The molecule has 0 saturated heterocycles. The van der Waals surface area contributed by atoms with Crippen molar-refractivity contribution >= 4 is 96.3 Å². The molecule has 0 spiro atoms. The largest absolute Gasteiger partial charge is 0.500 e. The summed E-state index contributed by atoms with van der Waals surface area (Å²) in [6.45, 7) is 11.0. The third kappa shape index (κ3) is 13.8. The second-order valence-corrected chi connectivity index (χ2v) is 12.0. The van der Waals surface area contributed by atoms with Gasteiger partial charge in [-0.15, -0.1) is 37.9 Å². The molecule has 6 nitrogen and oxygen atoms in total. The van der Waals surface area contributed by atoms with Crippen molar-refractivity contribution in [3.8, 4) is 0 Å². The van der Waals surface area contributed by atoms with Gasteiger partial charge < -0.3 is 28.4 Å². The molecule has 0 heterocycles. The predicted octanol–water partition coefficient (Wildman–Crippen LogP) is 3.26. The molecule has 0 saturated carbocycles. The molecule has 0 rings (SSSR count).